The Hall–Kier alpha value is -2.37. The Morgan fingerprint density at radius 2 is 0.440 bits per heavy atom. The Kier molecular flexibility index (Phi) is 62.1. The van der Waals surface area contributed by atoms with Crippen LogP contribution in [0.1, 0.15) is 367 Å². The van der Waals surface area contributed by atoms with E-state index in [1.165, 1.54) is 270 Å². The van der Waals surface area contributed by atoms with Crippen LogP contribution >= 0.6 is 0 Å². The van der Waals surface area contributed by atoms with Crippen molar-refractivity contribution >= 4 is 17.9 Å². The van der Waals surface area contributed by atoms with Gasteiger partial charge in [-0.05, 0) is 96.3 Å². The van der Waals surface area contributed by atoms with Crippen molar-refractivity contribution in [2.24, 2.45) is 0 Å². The van der Waals surface area contributed by atoms with E-state index in [1.54, 1.807) is 0 Å². The molecule has 0 aromatic heterocycles. The molecule has 0 aromatic rings. The molecular weight excluding hydrogens is 925 g/mol. The smallest absolute Gasteiger partial charge is 0.306 e. The lowest BCUT2D eigenvalue weighted by atomic mass is 10.0. The van der Waals surface area contributed by atoms with Crippen LogP contribution in [0, 0.1) is 0 Å². The number of hydrogen-bond donors (Lipinski definition) is 0. The first kappa shape index (κ1) is 72.6. The topological polar surface area (TPSA) is 78.9 Å². The molecule has 0 amide bonds. The van der Waals surface area contributed by atoms with E-state index in [9.17, 15) is 14.4 Å². The van der Waals surface area contributed by atoms with E-state index in [0.29, 0.717) is 19.3 Å². The maximum atomic E-state index is 12.9. The lowest BCUT2D eigenvalue weighted by Gasteiger charge is -2.18. The van der Waals surface area contributed by atoms with Crippen molar-refractivity contribution < 1.29 is 28.6 Å². The highest BCUT2D eigenvalue weighted by Crippen LogP contribution is 2.17. The summed E-state index contributed by atoms with van der Waals surface area (Å²) in [4.78, 5) is 38.4. The van der Waals surface area contributed by atoms with Gasteiger partial charge in [0.15, 0.2) is 6.10 Å². The fourth-order valence-corrected chi connectivity index (χ4v) is 10.0. The van der Waals surface area contributed by atoms with Gasteiger partial charge in [0, 0.05) is 19.3 Å². The Labute approximate surface area is 467 Å². The predicted molar refractivity (Wildman–Crippen MR) is 326 cm³/mol. The molecule has 6 nitrogen and oxygen atoms in total. The molecule has 0 radical (unpaired) electrons. The summed E-state index contributed by atoms with van der Waals surface area (Å²) in [5, 5.41) is 0. The summed E-state index contributed by atoms with van der Waals surface area (Å²) in [6, 6.07) is 0. The van der Waals surface area contributed by atoms with Crippen molar-refractivity contribution in [2.45, 2.75) is 374 Å². The molecule has 440 valence electrons. The molecule has 1 unspecified atom stereocenters. The Morgan fingerprint density at radius 1 is 0.253 bits per heavy atom. The lowest BCUT2D eigenvalue weighted by Crippen LogP contribution is -2.30. The van der Waals surface area contributed by atoms with Crippen LogP contribution in [0.4, 0.5) is 0 Å². The summed E-state index contributed by atoms with van der Waals surface area (Å²) in [5.41, 5.74) is 0. The van der Waals surface area contributed by atoms with Crippen molar-refractivity contribution in [3.63, 3.8) is 0 Å². The summed E-state index contributed by atoms with van der Waals surface area (Å²) in [6.45, 7) is 6.69. The van der Waals surface area contributed by atoms with Gasteiger partial charge in [-0.15, -0.1) is 0 Å². The fourth-order valence-electron chi connectivity index (χ4n) is 10.0. The molecule has 75 heavy (non-hydrogen) atoms. The summed E-state index contributed by atoms with van der Waals surface area (Å²) >= 11 is 0. The standard InChI is InChI=1S/C69H128O6/c1-4-7-10-13-16-19-22-25-28-31-32-33-34-35-36-39-41-44-47-50-53-56-59-62-68(71)74-65-66(75-69(72)63-60-57-54-51-48-45-42-38-30-27-24-21-18-15-12-9-6-3)64-73-67(70)61-58-55-52-49-46-43-40-37-29-26-23-20-17-14-11-8-5-2/h26-27,29-32,66H,4-25,28,33-65H2,1-3H3/b29-26-,30-27-,32-31-. The van der Waals surface area contributed by atoms with Crippen molar-refractivity contribution in [3.8, 4) is 0 Å². The fraction of sp³-hybridized carbons (Fsp3) is 0.870. The molecule has 0 spiro atoms. The molecule has 0 saturated heterocycles. The van der Waals surface area contributed by atoms with E-state index in [2.05, 4.69) is 57.2 Å². The van der Waals surface area contributed by atoms with Crippen LogP contribution in [0.25, 0.3) is 0 Å². The van der Waals surface area contributed by atoms with Gasteiger partial charge in [0.05, 0.1) is 0 Å². The zero-order chi connectivity index (χ0) is 54.3. The number of hydrogen-bond acceptors (Lipinski definition) is 6. The third-order valence-corrected chi connectivity index (χ3v) is 15.1. The number of ether oxygens (including phenoxy) is 3. The molecule has 0 N–H and O–H groups in total. The minimum atomic E-state index is -0.776. The third kappa shape index (κ3) is 62.4. The normalized spacial score (nSPS) is 12.2. The number of carbonyl (C=O) groups is 3. The van der Waals surface area contributed by atoms with E-state index >= 15 is 0 Å². The van der Waals surface area contributed by atoms with E-state index in [1.807, 2.05) is 0 Å². The van der Waals surface area contributed by atoms with Crippen LogP contribution in [-0.4, -0.2) is 37.2 Å². The first-order valence-electron chi connectivity index (χ1n) is 33.5. The molecule has 6 heteroatoms. The van der Waals surface area contributed by atoms with Gasteiger partial charge < -0.3 is 14.2 Å². The molecule has 0 heterocycles. The van der Waals surface area contributed by atoms with Crippen LogP contribution < -0.4 is 0 Å². The first-order chi connectivity index (χ1) is 37.0. The Balaban J connectivity index is 4.31. The highest BCUT2D eigenvalue weighted by Gasteiger charge is 2.19. The van der Waals surface area contributed by atoms with E-state index in [4.69, 9.17) is 14.2 Å². The number of rotatable bonds is 62. The van der Waals surface area contributed by atoms with Crippen molar-refractivity contribution in [1.29, 1.82) is 0 Å². The average molecular weight is 1050 g/mol. The average Bonchev–Trinajstić information content (AvgIpc) is 3.41. The van der Waals surface area contributed by atoms with Crippen LogP contribution in [-0.2, 0) is 28.6 Å². The summed E-state index contributed by atoms with van der Waals surface area (Å²) in [7, 11) is 0. The Bertz CT molecular complexity index is 1250. The molecule has 0 aliphatic carbocycles. The van der Waals surface area contributed by atoms with Gasteiger partial charge in [-0.1, -0.05) is 288 Å². The van der Waals surface area contributed by atoms with Crippen molar-refractivity contribution in [3.05, 3.63) is 36.5 Å². The predicted octanol–water partition coefficient (Wildman–Crippen LogP) is 22.8. The highest BCUT2D eigenvalue weighted by atomic mass is 16.6. The number of allylic oxidation sites excluding steroid dienone is 6. The van der Waals surface area contributed by atoms with Gasteiger partial charge in [0.2, 0.25) is 0 Å². The number of esters is 3. The van der Waals surface area contributed by atoms with E-state index < -0.39 is 6.10 Å². The number of unbranched alkanes of at least 4 members (excludes halogenated alkanes) is 45. The maximum Gasteiger partial charge on any atom is 0.306 e. The minimum absolute atomic E-state index is 0.0724. The molecule has 0 aromatic carbocycles. The zero-order valence-corrected chi connectivity index (χ0v) is 50.6. The second-order valence-corrected chi connectivity index (χ2v) is 22.7. The summed E-state index contributed by atoms with van der Waals surface area (Å²) < 4.78 is 17.0. The second kappa shape index (κ2) is 64.2. The molecular formula is C69H128O6. The summed E-state index contributed by atoms with van der Waals surface area (Å²) in [6.07, 6.45) is 78.7. The number of carbonyl (C=O) groups excluding carboxylic acids is 3. The van der Waals surface area contributed by atoms with Crippen LogP contribution in [0.2, 0.25) is 0 Å². The third-order valence-electron chi connectivity index (χ3n) is 15.1. The zero-order valence-electron chi connectivity index (χ0n) is 50.6. The minimum Gasteiger partial charge on any atom is -0.462 e. The summed E-state index contributed by atoms with van der Waals surface area (Å²) in [5.74, 6) is -0.858. The van der Waals surface area contributed by atoms with Gasteiger partial charge in [0.25, 0.3) is 0 Å². The lowest BCUT2D eigenvalue weighted by molar-refractivity contribution is -0.167. The molecule has 0 aliphatic rings. The van der Waals surface area contributed by atoms with Crippen LogP contribution in [0.3, 0.4) is 0 Å². The molecule has 1 atom stereocenters. The molecule has 0 fully saturated rings. The maximum absolute atomic E-state index is 12.9. The van der Waals surface area contributed by atoms with Crippen molar-refractivity contribution in [2.75, 3.05) is 13.2 Å². The molecule has 0 rings (SSSR count). The van der Waals surface area contributed by atoms with Gasteiger partial charge in [-0.3, -0.25) is 14.4 Å². The van der Waals surface area contributed by atoms with Crippen LogP contribution in [0.15, 0.2) is 36.5 Å². The SMILES string of the molecule is CCCCCCCC/C=C\CCCCCCCCCC(=O)OCC(COC(=O)CCCCCCCCCCCCC/C=C\CCCCCCCCCC)OC(=O)CCCCCCCCC/C=C\CCCCCCCC. The Morgan fingerprint density at radius 3 is 0.667 bits per heavy atom. The first-order valence-corrected chi connectivity index (χ1v) is 33.5. The quantitative estimate of drug-likeness (QED) is 0.0261. The monoisotopic (exact) mass is 1050 g/mol. The largest absolute Gasteiger partial charge is 0.462 e. The molecule has 0 bridgehead atoms. The van der Waals surface area contributed by atoms with Crippen molar-refractivity contribution in [1.82, 2.24) is 0 Å². The van der Waals surface area contributed by atoms with Gasteiger partial charge in [-0.25, -0.2) is 0 Å². The van der Waals surface area contributed by atoms with Gasteiger partial charge in [0.1, 0.15) is 13.2 Å². The van der Waals surface area contributed by atoms with E-state index in [-0.39, 0.29) is 31.1 Å². The highest BCUT2D eigenvalue weighted by molar-refractivity contribution is 5.71. The molecule has 0 aliphatic heterocycles. The van der Waals surface area contributed by atoms with Crippen LogP contribution in [0.5, 0.6) is 0 Å². The molecule has 0 saturated carbocycles. The van der Waals surface area contributed by atoms with E-state index in [0.717, 1.165) is 57.8 Å². The van der Waals surface area contributed by atoms with Gasteiger partial charge >= 0.3 is 17.9 Å². The van der Waals surface area contributed by atoms with Gasteiger partial charge in [-0.2, -0.15) is 0 Å². The second-order valence-electron chi connectivity index (χ2n) is 22.7.